The lowest BCUT2D eigenvalue weighted by Gasteiger charge is -2.08. The van der Waals surface area contributed by atoms with Crippen molar-refractivity contribution in [2.45, 2.75) is 0 Å². The van der Waals surface area contributed by atoms with Crippen LogP contribution in [0.15, 0.2) is 6.33 Å². The molecule has 0 unspecified atom stereocenters. The molecule has 0 saturated heterocycles. The van der Waals surface area contributed by atoms with Crippen LogP contribution in [0.2, 0.25) is 0 Å². The molecule has 0 spiro atoms. The van der Waals surface area contributed by atoms with Crippen molar-refractivity contribution in [2.75, 3.05) is 24.0 Å². The molecular formula is C6H10N6O2. The van der Waals surface area contributed by atoms with Crippen LogP contribution in [-0.2, 0) is 4.74 Å². The van der Waals surface area contributed by atoms with Gasteiger partial charge in [0.2, 0.25) is 0 Å². The Labute approximate surface area is 79.6 Å². The number of nitrogens with two attached hydrogens (primary N) is 2. The van der Waals surface area contributed by atoms with Gasteiger partial charge >= 0.3 is 6.09 Å². The lowest BCUT2D eigenvalue weighted by molar-refractivity contribution is 0.173. The molecule has 0 saturated carbocycles. The minimum atomic E-state index is -0.665. The Morgan fingerprint density at radius 1 is 1.50 bits per heavy atom. The zero-order valence-electron chi connectivity index (χ0n) is 7.44. The maximum Gasteiger partial charge on any atom is 0.425 e. The number of ether oxygens (including phenoxy) is 1. The molecule has 0 radical (unpaired) electrons. The number of hydrogen-bond acceptors (Lipinski definition) is 7. The summed E-state index contributed by atoms with van der Waals surface area (Å²) in [6.45, 7) is 0. The second-order valence-electron chi connectivity index (χ2n) is 2.26. The van der Waals surface area contributed by atoms with Crippen molar-refractivity contribution in [1.82, 2.24) is 15.4 Å². The van der Waals surface area contributed by atoms with Crippen molar-refractivity contribution < 1.29 is 9.53 Å². The van der Waals surface area contributed by atoms with Crippen molar-refractivity contribution >= 4 is 23.4 Å². The minimum absolute atomic E-state index is 0.133. The van der Waals surface area contributed by atoms with Crippen LogP contribution in [-0.4, -0.2) is 23.2 Å². The maximum absolute atomic E-state index is 10.7. The van der Waals surface area contributed by atoms with E-state index in [0.717, 1.165) is 0 Å². The van der Waals surface area contributed by atoms with Gasteiger partial charge in [0.15, 0.2) is 11.6 Å². The lowest BCUT2D eigenvalue weighted by atomic mass is 10.4. The van der Waals surface area contributed by atoms with Crippen LogP contribution in [0.1, 0.15) is 0 Å². The Kier molecular flexibility index (Phi) is 2.89. The summed E-state index contributed by atoms with van der Waals surface area (Å²) in [5, 5.41) is 0. The third-order valence-electron chi connectivity index (χ3n) is 1.38. The maximum atomic E-state index is 10.7. The molecular weight excluding hydrogens is 188 g/mol. The van der Waals surface area contributed by atoms with Gasteiger partial charge in [0.1, 0.15) is 12.0 Å². The molecule has 76 valence electrons. The molecule has 8 nitrogen and oxygen atoms in total. The van der Waals surface area contributed by atoms with Crippen molar-refractivity contribution in [3.63, 3.8) is 0 Å². The molecule has 0 bridgehead atoms. The number of nitrogens with one attached hydrogen (secondary N) is 2. The molecule has 1 aromatic rings. The number of hydrazine groups is 1. The first-order chi connectivity index (χ1) is 6.65. The van der Waals surface area contributed by atoms with Gasteiger partial charge in [-0.15, -0.1) is 0 Å². The Hall–Kier alpha value is -2.25. The van der Waals surface area contributed by atoms with Gasteiger partial charge in [-0.25, -0.2) is 20.2 Å². The summed E-state index contributed by atoms with van der Waals surface area (Å²) in [7, 11) is 1.23. The molecule has 6 N–H and O–H groups in total. The summed E-state index contributed by atoms with van der Waals surface area (Å²) in [6, 6.07) is 0. The zero-order valence-corrected chi connectivity index (χ0v) is 7.44. The average Bonchev–Trinajstić information content (AvgIpc) is 2.20. The summed E-state index contributed by atoms with van der Waals surface area (Å²) >= 11 is 0. The summed E-state index contributed by atoms with van der Waals surface area (Å²) < 4.78 is 4.31. The molecule has 0 aliphatic rings. The number of rotatable bonds is 2. The minimum Gasteiger partial charge on any atom is -0.452 e. The van der Waals surface area contributed by atoms with Crippen LogP contribution in [0, 0.1) is 0 Å². The third-order valence-corrected chi connectivity index (χ3v) is 1.38. The summed E-state index contributed by atoms with van der Waals surface area (Å²) in [6.07, 6.45) is 0.550. The van der Waals surface area contributed by atoms with E-state index in [2.05, 4.69) is 25.6 Å². The van der Waals surface area contributed by atoms with Gasteiger partial charge in [-0.3, -0.25) is 5.43 Å². The first kappa shape index (κ1) is 9.84. The van der Waals surface area contributed by atoms with Gasteiger partial charge in [0.05, 0.1) is 7.11 Å². The summed E-state index contributed by atoms with van der Waals surface area (Å²) in [5.41, 5.74) is 15.7. The molecule has 1 amide bonds. The average molecular weight is 198 g/mol. The third kappa shape index (κ3) is 2.12. The monoisotopic (exact) mass is 198 g/mol. The van der Waals surface area contributed by atoms with E-state index in [-0.39, 0.29) is 17.3 Å². The quantitative estimate of drug-likeness (QED) is 0.463. The second kappa shape index (κ2) is 4.12. The van der Waals surface area contributed by atoms with Gasteiger partial charge in [0, 0.05) is 0 Å². The number of nitrogens with zero attached hydrogens (tertiary/aromatic N) is 2. The van der Waals surface area contributed by atoms with Crippen LogP contribution in [0.3, 0.4) is 0 Å². The molecule has 1 aromatic heterocycles. The fourth-order valence-electron chi connectivity index (χ4n) is 0.670. The van der Waals surface area contributed by atoms with Crippen molar-refractivity contribution in [2.24, 2.45) is 0 Å². The number of aromatic nitrogens is 2. The second-order valence-corrected chi connectivity index (χ2v) is 2.26. The van der Waals surface area contributed by atoms with Crippen LogP contribution in [0.5, 0.6) is 0 Å². The van der Waals surface area contributed by atoms with Gasteiger partial charge in [-0.2, -0.15) is 0 Å². The number of carbonyl (C=O) groups is 1. The van der Waals surface area contributed by atoms with Crippen molar-refractivity contribution in [1.29, 1.82) is 0 Å². The van der Waals surface area contributed by atoms with E-state index in [1.165, 1.54) is 13.4 Å². The Bertz CT molecular complexity index is 341. The predicted octanol–water partition coefficient (Wildman–Crippen LogP) is -0.676. The highest BCUT2D eigenvalue weighted by Gasteiger charge is 2.05. The molecule has 0 aliphatic heterocycles. The van der Waals surface area contributed by atoms with Gasteiger partial charge in [0.25, 0.3) is 0 Å². The van der Waals surface area contributed by atoms with Crippen molar-refractivity contribution in [3.8, 4) is 0 Å². The van der Waals surface area contributed by atoms with Crippen LogP contribution < -0.4 is 22.3 Å². The smallest absolute Gasteiger partial charge is 0.425 e. The fourth-order valence-corrected chi connectivity index (χ4v) is 0.670. The predicted molar refractivity (Wildman–Crippen MR) is 50.0 cm³/mol. The number of amides is 1. The Morgan fingerprint density at radius 3 is 2.86 bits per heavy atom. The first-order valence-electron chi connectivity index (χ1n) is 3.61. The molecule has 8 heteroatoms. The Balaban J connectivity index is 2.68. The number of hydrogen-bond donors (Lipinski definition) is 4. The van der Waals surface area contributed by atoms with E-state index in [1.807, 2.05) is 0 Å². The number of methoxy groups -OCH3 is 1. The van der Waals surface area contributed by atoms with Crippen LogP contribution in [0.4, 0.5) is 22.1 Å². The van der Waals surface area contributed by atoms with E-state index in [0.29, 0.717) is 0 Å². The fraction of sp³-hybridized carbons (Fsp3) is 0.167. The van der Waals surface area contributed by atoms with E-state index >= 15 is 0 Å². The van der Waals surface area contributed by atoms with E-state index in [9.17, 15) is 4.79 Å². The highest BCUT2D eigenvalue weighted by atomic mass is 16.5. The van der Waals surface area contributed by atoms with E-state index in [1.54, 1.807) is 0 Å². The van der Waals surface area contributed by atoms with Crippen molar-refractivity contribution in [3.05, 3.63) is 6.33 Å². The number of nitrogen functional groups attached to an aromatic ring is 2. The normalized spacial score (nSPS) is 9.21. The summed E-state index contributed by atoms with van der Waals surface area (Å²) in [5.74, 6) is 0.345. The topological polar surface area (TPSA) is 128 Å². The Morgan fingerprint density at radius 2 is 2.21 bits per heavy atom. The largest absolute Gasteiger partial charge is 0.452 e. The summed E-state index contributed by atoms with van der Waals surface area (Å²) in [4.78, 5) is 18.1. The SMILES string of the molecule is COC(=O)NNc1ncnc(N)c1N. The molecule has 14 heavy (non-hydrogen) atoms. The van der Waals surface area contributed by atoms with Crippen LogP contribution in [0.25, 0.3) is 0 Å². The molecule has 0 atom stereocenters. The highest BCUT2D eigenvalue weighted by Crippen LogP contribution is 2.17. The first-order valence-corrected chi connectivity index (χ1v) is 3.61. The zero-order chi connectivity index (χ0) is 10.6. The van der Waals surface area contributed by atoms with E-state index < -0.39 is 6.09 Å². The molecule has 1 heterocycles. The molecule has 0 aliphatic carbocycles. The molecule has 0 aromatic carbocycles. The van der Waals surface area contributed by atoms with Gasteiger partial charge < -0.3 is 16.2 Å². The standard InChI is InChI=1S/C6H10N6O2/c1-14-6(13)12-11-5-3(7)4(8)9-2-10-5/h2H,7H2,1H3,(H,12,13)(H3,8,9,10,11). The van der Waals surface area contributed by atoms with E-state index in [4.69, 9.17) is 11.5 Å². The lowest BCUT2D eigenvalue weighted by Crippen LogP contribution is -2.30. The number of carbonyl (C=O) groups excluding carboxylic acids is 1. The number of anilines is 3. The van der Waals surface area contributed by atoms with Gasteiger partial charge in [-0.1, -0.05) is 0 Å². The molecule has 1 rings (SSSR count). The van der Waals surface area contributed by atoms with Gasteiger partial charge in [-0.05, 0) is 0 Å². The highest BCUT2D eigenvalue weighted by molar-refractivity contribution is 5.75. The van der Waals surface area contributed by atoms with Crippen LogP contribution >= 0.6 is 0 Å². The molecule has 0 fully saturated rings.